The third kappa shape index (κ3) is 6.19. The highest BCUT2D eigenvalue weighted by molar-refractivity contribution is 5.81. The molecule has 1 amide bonds. The van der Waals surface area contributed by atoms with Gasteiger partial charge in [0.1, 0.15) is 5.82 Å². The van der Waals surface area contributed by atoms with Crippen molar-refractivity contribution in [3.05, 3.63) is 41.6 Å². The van der Waals surface area contributed by atoms with Gasteiger partial charge in [-0.15, -0.1) is 0 Å². The van der Waals surface area contributed by atoms with Gasteiger partial charge >= 0.3 is 0 Å². The van der Waals surface area contributed by atoms with Crippen molar-refractivity contribution < 1.29 is 4.79 Å². The molecule has 0 unspecified atom stereocenters. The predicted molar refractivity (Wildman–Crippen MR) is 125 cm³/mol. The van der Waals surface area contributed by atoms with Crippen LogP contribution in [0.1, 0.15) is 44.2 Å². The Morgan fingerprint density at radius 2 is 2.03 bits per heavy atom. The Hall–Kier alpha value is -3.62. The van der Waals surface area contributed by atoms with Crippen LogP contribution in [0.4, 0.5) is 17.5 Å². The quantitative estimate of drug-likeness (QED) is 0.475. The largest absolute Gasteiger partial charge is 0.369 e. The highest BCUT2D eigenvalue weighted by Gasteiger charge is 2.29. The van der Waals surface area contributed by atoms with Crippen LogP contribution in [-0.2, 0) is 4.79 Å². The van der Waals surface area contributed by atoms with Gasteiger partial charge in [0.2, 0.25) is 11.9 Å². The van der Waals surface area contributed by atoms with Gasteiger partial charge in [0.05, 0.1) is 29.4 Å². The maximum atomic E-state index is 11.9. The number of nitrogens with one attached hydrogen (secondary N) is 4. The molecule has 8 heteroatoms. The van der Waals surface area contributed by atoms with Crippen molar-refractivity contribution in [2.45, 2.75) is 45.2 Å². The van der Waals surface area contributed by atoms with Gasteiger partial charge in [0.15, 0.2) is 0 Å². The number of benzene rings is 1. The van der Waals surface area contributed by atoms with Gasteiger partial charge in [-0.05, 0) is 57.5 Å². The molecule has 1 aliphatic rings. The standard InChI is InChI=1S/C24H29N7O/c1-4-11-27-22-19(8-5-18-12-21(13-18)29-23(32)16(2)26-3)15-28-24(31-22)30-20-9-6-17(14-25)7-10-20/h6-7,9-10,15-16,18,21,26H,4,11-13H2,1-3H3,(H,29,32)(H2,27,28,30,31)/t16-,18-,21+/m0/s1. The third-order valence-electron chi connectivity index (χ3n) is 5.32. The van der Waals surface area contributed by atoms with E-state index in [0.29, 0.717) is 17.3 Å². The molecule has 0 radical (unpaired) electrons. The van der Waals surface area contributed by atoms with E-state index in [1.165, 1.54) is 0 Å². The highest BCUT2D eigenvalue weighted by atomic mass is 16.2. The number of carbonyl (C=O) groups excluding carboxylic acids is 1. The lowest BCUT2D eigenvalue weighted by Gasteiger charge is -2.33. The Morgan fingerprint density at radius 3 is 2.69 bits per heavy atom. The van der Waals surface area contributed by atoms with Crippen LogP contribution in [0.15, 0.2) is 30.5 Å². The lowest BCUT2D eigenvalue weighted by atomic mass is 9.80. The van der Waals surface area contributed by atoms with E-state index < -0.39 is 0 Å². The smallest absolute Gasteiger partial charge is 0.237 e. The Kier molecular flexibility index (Phi) is 8.02. The maximum absolute atomic E-state index is 11.9. The van der Waals surface area contributed by atoms with Crippen molar-refractivity contribution in [1.29, 1.82) is 5.26 Å². The Bertz CT molecular complexity index is 1030. The SMILES string of the molecule is CCCNc1nc(Nc2ccc(C#N)cc2)ncc1C#C[C@H]1C[C@@H](NC(=O)[C@H](C)NC)C1. The molecule has 1 fully saturated rings. The molecule has 3 rings (SSSR count). The van der Waals surface area contributed by atoms with E-state index >= 15 is 0 Å². The first-order chi connectivity index (χ1) is 15.5. The van der Waals surface area contributed by atoms with Gasteiger partial charge in [-0.25, -0.2) is 4.98 Å². The predicted octanol–water partition coefficient (Wildman–Crippen LogP) is 2.77. The lowest BCUT2D eigenvalue weighted by Crippen LogP contribution is -2.49. The number of anilines is 3. The number of amides is 1. The van der Waals surface area contributed by atoms with E-state index in [-0.39, 0.29) is 23.9 Å². The summed E-state index contributed by atoms with van der Waals surface area (Å²) >= 11 is 0. The molecule has 1 aromatic heterocycles. The topological polar surface area (TPSA) is 115 Å². The summed E-state index contributed by atoms with van der Waals surface area (Å²) in [6.45, 7) is 4.71. The van der Waals surface area contributed by atoms with E-state index in [1.807, 2.05) is 19.1 Å². The van der Waals surface area contributed by atoms with E-state index in [0.717, 1.165) is 37.1 Å². The van der Waals surface area contributed by atoms with Crippen LogP contribution in [0.25, 0.3) is 0 Å². The Morgan fingerprint density at radius 1 is 1.28 bits per heavy atom. The van der Waals surface area contributed by atoms with Crippen LogP contribution in [-0.4, -0.2) is 41.6 Å². The summed E-state index contributed by atoms with van der Waals surface area (Å²) in [6.07, 6.45) is 4.39. The summed E-state index contributed by atoms with van der Waals surface area (Å²) in [7, 11) is 1.77. The monoisotopic (exact) mass is 431 g/mol. The van der Waals surface area contributed by atoms with Crippen molar-refractivity contribution in [2.24, 2.45) is 5.92 Å². The molecule has 1 aromatic carbocycles. The first-order valence-electron chi connectivity index (χ1n) is 10.9. The van der Waals surface area contributed by atoms with Gasteiger partial charge in [-0.1, -0.05) is 18.8 Å². The van der Waals surface area contributed by atoms with Gasteiger partial charge in [-0.3, -0.25) is 4.79 Å². The van der Waals surface area contributed by atoms with Crippen LogP contribution in [0.2, 0.25) is 0 Å². The molecule has 0 bridgehead atoms. The minimum absolute atomic E-state index is 0.0220. The fourth-order valence-electron chi connectivity index (χ4n) is 3.16. The molecule has 0 aliphatic heterocycles. The number of nitrogens with zero attached hydrogens (tertiary/aromatic N) is 3. The molecule has 4 N–H and O–H groups in total. The van der Waals surface area contributed by atoms with E-state index in [2.05, 4.69) is 56.1 Å². The van der Waals surface area contributed by atoms with Crippen molar-refractivity contribution in [3.8, 4) is 17.9 Å². The van der Waals surface area contributed by atoms with Crippen molar-refractivity contribution in [2.75, 3.05) is 24.2 Å². The molecule has 1 atom stereocenters. The fourth-order valence-corrected chi connectivity index (χ4v) is 3.16. The molecular weight excluding hydrogens is 402 g/mol. The molecule has 0 spiro atoms. The summed E-state index contributed by atoms with van der Waals surface area (Å²) in [5.41, 5.74) is 2.15. The van der Waals surface area contributed by atoms with E-state index in [1.54, 1.807) is 25.4 Å². The maximum Gasteiger partial charge on any atom is 0.237 e. The Labute approximate surface area is 189 Å². The summed E-state index contributed by atoms with van der Waals surface area (Å²) < 4.78 is 0. The minimum atomic E-state index is -0.194. The number of hydrogen-bond donors (Lipinski definition) is 4. The minimum Gasteiger partial charge on any atom is -0.369 e. The van der Waals surface area contributed by atoms with Gasteiger partial charge < -0.3 is 21.3 Å². The lowest BCUT2D eigenvalue weighted by molar-refractivity contribution is -0.124. The molecular formula is C24H29N7O. The number of nitriles is 1. The fraction of sp³-hybridized carbons (Fsp3) is 0.417. The van der Waals surface area contributed by atoms with Gasteiger partial charge in [0, 0.05) is 24.2 Å². The number of rotatable bonds is 8. The second-order valence-corrected chi connectivity index (χ2v) is 7.85. The third-order valence-corrected chi connectivity index (χ3v) is 5.32. The normalized spacial score (nSPS) is 17.7. The van der Waals surface area contributed by atoms with Gasteiger partial charge in [0.25, 0.3) is 0 Å². The number of carbonyl (C=O) groups is 1. The van der Waals surface area contributed by atoms with E-state index in [9.17, 15) is 4.79 Å². The van der Waals surface area contributed by atoms with Crippen LogP contribution < -0.4 is 21.3 Å². The zero-order valence-corrected chi connectivity index (χ0v) is 18.7. The summed E-state index contributed by atoms with van der Waals surface area (Å²) in [5, 5.41) is 21.4. The number of likely N-dealkylation sites (N-methyl/N-ethyl adjacent to an activating group) is 1. The summed E-state index contributed by atoms with van der Waals surface area (Å²) in [6, 6.07) is 9.21. The molecule has 8 nitrogen and oxygen atoms in total. The Balaban J connectivity index is 1.64. The van der Waals surface area contributed by atoms with Crippen molar-refractivity contribution in [1.82, 2.24) is 20.6 Å². The highest BCUT2D eigenvalue weighted by Crippen LogP contribution is 2.27. The van der Waals surface area contributed by atoms with Gasteiger partial charge in [-0.2, -0.15) is 10.2 Å². The summed E-state index contributed by atoms with van der Waals surface area (Å²) in [4.78, 5) is 20.9. The first-order valence-corrected chi connectivity index (χ1v) is 10.9. The zero-order chi connectivity index (χ0) is 22.9. The number of hydrogen-bond acceptors (Lipinski definition) is 7. The molecule has 2 aromatic rings. The van der Waals surface area contributed by atoms with Crippen molar-refractivity contribution >= 4 is 23.4 Å². The average Bonchev–Trinajstić information content (AvgIpc) is 2.79. The molecule has 32 heavy (non-hydrogen) atoms. The van der Waals surface area contributed by atoms with Crippen molar-refractivity contribution in [3.63, 3.8) is 0 Å². The van der Waals surface area contributed by atoms with Crippen LogP contribution in [0, 0.1) is 29.1 Å². The molecule has 1 heterocycles. The van der Waals surface area contributed by atoms with Crippen LogP contribution in [0.3, 0.4) is 0 Å². The summed E-state index contributed by atoms with van der Waals surface area (Å²) in [5.74, 6) is 7.93. The second-order valence-electron chi connectivity index (χ2n) is 7.85. The first kappa shape index (κ1) is 23.1. The molecule has 1 aliphatic carbocycles. The molecule has 1 saturated carbocycles. The van der Waals surface area contributed by atoms with E-state index in [4.69, 9.17) is 5.26 Å². The molecule has 166 valence electrons. The zero-order valence-electron chi connectivity index (χ0n) is 18.7. The number of aromatic nitrogens is 2. The molecule has 0 saturated heterocycles. The average molecular weight is 432 g/mol. The van der Waals surface area contributed by atoms with Crippen LogP contribution in [0.5, 0.6) is 0 Å². The second kappa shape index (κ2) is 11.1. The van der Waals surface area contributed by atoms with Crippen LogP contribution >= 0.6 is 0 Å².